The molecule has 0 aromatic heterocycles. The molecular formula is C15H8Cl4O2. The van der Waals surface area contributed by atoms with Crippen LogP contribution >= 0.6 is 46.4 Å². The Balaban J connectivity index is 2.07. The number of carbonyl (C=O) groups is 1. The minimum atomic E-state index is -0.451. The van der Waals surface area contributed by atoms with E-state index in [2.05, 4.69) is 0 Å². The largest absolute Gasteiger partial charge is 0.492 e. The SMILES string of the molecule is O=C(c1c(Cl)cc(Cl)c(Cl)c1Cl)C1COc2ccccc21. The van der Waals surface area contributed by atoms with Gasteiger partial charge in [-0.1, -0.05) is 64.6 Å². The molecule has 21 heavy (non-hydrogen) atoms. The van der Waals surface area contributed by atoms with E-state index in [1.54, 1.807) is 0 Å². The average Bonchev–Trinajstić information content (AvgIpc) is 2.88. The highest BCUT2D eigenvalue weighted by molar-refractivity contribution is 6.51. The first kappa shape index (κ1) is 15.0. The summed E-state index contributed by atoms with van der Waals surface area (Å²) in [5.41, 5.74) is 0.999. The molecule has 2 aromatic rings. The lowest BCUT2D eigenvalue weighted by atomic mass is 9.92. The van der Waals surface area contributed by atoms with Crippen molar-refractivity contribution in [3.63, 3.8) is 0 Å². The van der Waals surface area contributed by atoms with Gasteiger partial charge in [0.15, 0.2) is 5.78 Å². The first-order valence-corrected chi connectivity index (χ1v) is 7.61. The van der Waals surface area contributed by atoms with Crippen molar-refractivity contribution < 1.29 is 9.53 Å². The zero-order valence-corrected chi connectivity index (χ0v) is 13.5. The highest BCUT2D eigenvalue weighted by atomic mass is 35.5. The van der Waals surface area contributed by atoms with E-state index in [-0.39, 0.29) is 38.0 Å². The second-order valence-corrected chi connectivity index (χ2v) is 6.18. The van der Waals surface area contributed by atoms with Crippen molar-refractivity contribution in [2.75, 3.05) is 6.61 Å². The molecule has 0 saturated carbocycles. The first-order chi connectivity index (χ1) is 10.0. The van der Waals surface area contributed by atoms with E-state index in [9.17, 15) is 4.79 Å². The van der Waals surface area contributed by atoms with Gasteiger partial charge in [-0.25, -0.2) is 0 Å². The number of fused-ring (bicyclic) bond motifs is 1. The number of ketones is 1. The van der Waals surface area contributed by atoms with Crippen molar-refractivity contribution in [1.29, 1.82) is 0 Å². The molecule has 0 radical (unpaired) electrons. The number of benzene rings is 2. The predicted octanol–water partition coefficient (Wildman–Crippen LogP) is 5.66. The molecule has 1 heterocycles. The summed E-state index contributed by atoms with van der Waals surface area (Å²) in [5.74, 6) is 0.0186. The Morgan fingerprint density at radius 1 is 1.05 bits per heavy atom. The van der Waals surface area contributed by atoms with Gasteiger partial charge in [0.1, 0.15) is 12.4 Å². The van der Waals surface area contributed by atoms with E-state index in [1.807, 2.05) is 24.3 Å². The van der Waals surface area contributed by atoms with Crippen LogP contribution < -0.4 is 4.74 Å². The minimum absolute atomic E-state index is 0.0727. The number of rotatable bonds is 2. The van der Waals surface area contributed by atoms with E-state index >= 15 is 0 Å². The van der Waals surface area contributed by atoms with Crippen LogP contribution in [0.4, 0.5) is 0 Å². The van der Waals surface area contributed by atoms with E-state index in [1.165, 1.54) is 6.07 Å². The Morgan fingerprint density at radius 3 is 2.52 bits per heavy atom. The summed E-state index contributed by atoms with van der Waals surface area (Å²) >= 11 is 24.2. The topological polar surface area (TPSA) is 26.3 Å². The Bertz CT molecular complexity index is 743. The number of halogens is 4. The fraction of sp³-hybridized carbons (Fsp3) is 0.133. The maximum absolute atomic E-state index is 12.8. The third-order valence-electron chi connectivity index (χ3n) is 3.38. The molecule has 0 spiro atoms. The quantitative estimate of drug-likeness (QED) is 0.392. The number of ether oxygens (including phenoxy) is 1. The molecule has 0 saturated heterocycles. The van der Waals surface area contributed by atoms with Crippen molar-refractivity contribution in [3.8, 4) is 5.75 Å². The van der Waals surface area contributed by atoms with Crippen LogP contribution in [0.25, 0.3) is 0 Å². The van der Waals surface area contributed by atoms with E-state index in [0.717, 1.165) is 5.56 Å². The standard InChI is InChI=1S/C15H8Cl4O2/c16-9-5-10(17)13(18)14(19)12(9)15(20)8-6-21-11-4-2-1-3-7(8)11/h1-5,8H,6H2. The van der Waals surface area contributed by atoms with Crippen LogP contribution in [-0.2, 0) is 0 Å². The number of hydrogen-bond acceptors (Lipinski definition) is 2. The molecule has 6 heteroatoms. The van der Waals surface area contributed by atoms with Crippen LogP contribution in [0.15, 0.2) is 30.3 Å². The van der Waals surface area contributed by atoms with Crippen molar-refractivity contribution in [2.45, 2.75) is 5.92 Å². The minimum Gasteiger partial charge on any atom is -0.492 e. The maximum atomic E-state index is 12.8. The molecule has 3 rings (SSSR count). The van der Waals surface area contributed by atoms with Crippen molar-refractivity contribution in [3.05, 3.63) is 61.5 Å². The third-order valence-corrected chi connectivity index (χ3v) is 4.94. The molecule has 1 aliphatic heterocycles. The highest BCUT2D eigenvalue weighted by Gasteiger charge is 2.33. The molecule has 1 unspecified atom stereocenters. The number of para-hydroxylation sites is 1. The van der Waals surface area contributed by atoms with Crippen LogP contribution in [0.2, 0.25) is 20.1 Å². The smallest absolute Gasteiger partial charge is 0.176 e. The summed E-state index contributed by atoms with van der Waals surface area (Å²) in [6.07, 6.45) is 0. The monoisotopic (exact) mass is 360 g/mol. The molecule has 0 fully saturated rings. The molecule has 0 aliphatic carbocycles. The molecule has 1 aliphatic rings. The van der Waals surface area contributed by atoms with Gasteiger partial charge in [-0.3, -0.25) is 4.79 Å². The zero-order valence-electron chi connectivity index (χ0n) is 10.5. The van der Waals surface area contributed by atoms with Crippen LogP contribution in [0.1, 0.15) is 21.8 Å². The molecule has 1 atom stereocenters. The Morgan fingerprint density at radius 2 is 1.76 bits per heavy atom. The lowest BCUT2D eigenvalue weighted by Crippen LogP contribution is -2.15. The van der Waals surface area contributed by atoms with Crippen molar-refractivity contribution in [2.24, 2.45) is 0 Å². The fourth-order valence-electron chi connectivity index (χ4n) is 2.35. The summed E-state index contributed by atoms with van der Waals surface area (Å²) in [5, 5.41) is 0.594. The molecule has 2 aromatic carbocycles. The summed E-state index contributed by atoms with van der Waals surface area (Å²) < 4.78 is 5.52. The zero-order chi connectivity index (χ0) is 15.1. The van der Waals surface area contributed by atoms with Crippen molar-refractivity contribution >= 4 is 52.2 Å². The molecule has 0 amide bonds. The van der Waals surface area contributed by atoms with Crippen LogP contribution in [0.3, 0.4) is 0 Å². The van der Waals surface area contributed by atoms with Gasteiger partial charge in [-0.2, -0.15) is 0 Å². The van der Waals surface area contributed by atoms with Crippen molar-refractivity contribution in [1.82, 2.24) is 0 Å². The van der Waals surface area contributed by atoms with E-state index < -0.39 is 5.92 Å². The summed E-state index contributed by atoms with van der Waals surface area (Å²) in [6, 6.07) is 8.80. The lowest BCUT2D eigenvalue weighted by Gasteiger charge is -2.13. The van der Waals surface area contributed by atoms with Gasteiger partial charge in [0.2, 0.25) is 0 Å². The van der Waals surface area contributed by atoms with Crippen LogP contribution in [0.5, 0.6) is 5.75 Å². The van der Waals surface area contributed by atoms with Gasteiger partial charge in [0.25, 0.3) is 0 Å². The Kier molecular flexibility index (Phi) is 4.06. The van der Waals surface area contributed by atoms with E-state index in [0.29, 0.717) is 5.75 Å². The number of hydrogen-bond donors (Lipinski definition) is 0. The lowest BCUT2D eigenvalue weighted by molar-refractivity contribution is 0.0948. The van der Waals surface area contributed by atoms with E-state index in [4.69, 9.17) is 51.1 Å². The average molecular weight is 362 g/mol. The third kappa shape index (κ3) is 2.51. The summed E-state index contributed by atoms with van der Waals surface area (Å²) in [6.45, 7) is 0.255. The molecule has 2 nitrogen and oxygen atoms in total. The van der Waals surface area contributed by atoms with Gasteiger partial charge in [-0.15, -0.1) is 0 Å². The van der Waals surface area contributed by atoms with Gasteiger partial charge in [-0.05, 0) is 12.1 Å². The Hall–Kier alpha value is -0.930. The second-order valence-electron chi connectivity index (χ2n) is 4.61. The Labute approximate surface area is 141 Å². The molecule has 0 bridgehead atoms. The molecular weight excluding hydrogens is 354 g/mol. The number of carbonyl (C=O) groups excluding carboxylic acids is 1. The van der Waals surface area contributed by atoms with Gasteiger partial charge >= 0.3 is 0 Å². The fourth-order valence-corrected chi connectivity index (χ4v) is 3.44. The van der Waals surface area contributed by atoms with Gasteiger partial charge in [0, 0.05) is 5.56 Å². The summed E-state index contributed by atoms with van der Waals surface area (Å²) in [4.78, 5) is 12.8. The predicted molar refractivity (Wildman–Crippen MR) is 85.5 cm³/mol. The highest BCUT2D eigenvalue weighted by Crippen LogP contribution is 2.42. The second kappa shape index (κ2) is 5.69. The normalized spacial score (nSPS) is 16.5. The maximum Gasteiger partial charge on any atom is 0.176 e. The van der Waals surface area contributed by atoms with Crippen LogP contribution in [-0.4, -0.2) is 12.4 Å². The number of Topliss-reactive ketones (excluding diaryl/α,β-unsaturated/α-hetero) is 1. The van der Waals surface area contributed by atoms with Gasteiger partial charge < -0.3 is 4.74 Å². The molecule has 108 valence electrons. The molecule has 0 N–H and O–H groups in total. The first-order valence-electron chi connectivity index (χ1n) is 6.09. The van der Waals surface area contributed by atoms with Crippen LogP contribution in [0, 0.1) is 0 Å². The summed E-state index contributed by atoms with van der Waals surface area (Å²) in [7, 11) is 0. The van der Waals surface area contributed by atoms with Gasteiger partial charge in [0.05, 0.1) is 31.6 Å².